The number of pyridine rings is 4. The molecule has 16 aromatic rings. The van der Waals surface area contributed by atoms with Crippen molar-refractivity contribution in [3.63, 3.8) is 0 Å². The quantitative estimate of drug-likeness (QED) is 0.0606. The van der Waals surface area contributed by atoms with Crippen molar-refractivity contribution in [2.45, 2.75) is 157 Å². The fraction of sp³-hybridized carbons (Fsp3) is 0.255. The summed E-state index contributed by atoms with van der Waals surface area (Å²) in [6, 6.07) is 83.4. The summed E-state index contributed by atoms with van der Waals surface area (Å²) >= 11 is 0. The summed E-state index contributed by atoms with van der Waals surface area (Å²) in [5, 5.41) is 0. The molecule has 15 nitrogen and oxygen atoms in total. The van der Waals surface area contributed by atoms with Crippen molar-refractivity contribution in [1.29, 1.82) is 0 Å². The SMILES string of the molecule is CC(C)Oc1ccc(-c2ccc3ncc(-c4ccc(C5CC5)cc4)n3c2)cc1.CC(C)Oc1ccc(-c2ccc3ncc(-c4ccc(OC(C)(C)C)cc4)n3c2)cc1.CC(C)Oc1ccc(-c2ccc3ncc(-c4ccc(OC5CC5)cc4)n3c2)cc1.CC(C)Oc1ccc(-c2ccc3ncc(-c4ccc(OCC5CC5)cc4)n3c2)cc1. The highest BCUT2D eigenvalue weighted by molar-refractivity contribution is 5.75. The zero-order chi connectivity index (χ0) is 80.7. The van der Waals surface area contributed by atoms with Crippen LogP contribution >= 0.6 is 0 Å². The van der Waals surface area contributed by atoms with Crippen LogP contribution in [0.15, 0.2) is 292 Å². The summed E-state index contributed by atoms with van der Waals surface area (Å²) in [5.41, 5.74) is 23.0. The maximum Gasteiger partial charge on any atom is 0.137 e. The van der Waals surface area contributed by atoms with Gasteiger partial charge in [0.2, 0.25) is 0 Å². The van der Waals surface area contributed by atoms with Crippen LogP contribution in [0.1, 0.15) is 126 Å². The number of rotatable bonds is 23. The van der Waals surface area contributed by atoms with Crippen LogP contribution in [-0.4, -0.2) is 80.3 Å². The molecule has 0 atom stereocenters. The van der Waals surface area contributed by atoms with E-state index in [0.717, 1.165) is 160 Å². The summed E-state index contributed by atoms with van der Waals surface area (Å²) in [4.78, 5) is 18.3. The highest BCUT2D eigenvalue weighted by atomic mass is 16.5. The fourth-order valence-electron chi connectivity index (χ4n) is 14.1. The van der Waals surface area contributed by atoms with Crippen molar-refractivity contribution < 1.29 is 33.2 Å². The third-order valence-corrected chi connectivity index (χ3v) is 20.4. The molecular formula is C102H102N8O7. The zero-order valence-electron chi connectivity index (χ0n) is 68.6. The molecule has 592 valence electrons. The molecule has 15 heteroatoms. The Labute approximate surface area is 686 Å². The summed E-state index contributed by atoms with van der Waals surface area (Å²) in [6.07, 6.45) is 25.0. The molecule has 3 aliphatic rings. The predicted octanol–water partition coefficient (Wildman–Crippen LogP) is 25.2. The second-order valence-corrected chi connectivity index (χ2v) is 32.7. The van der Waals surface area contributed by atoms with Crippen LogP contribution in [0.25, 0.3) is 112 Å². The third kappa shape index (κ3) is 19.9. The summed E-state index contributed by atoms with van der Waals surface area (Å²) < 4.78 is 49.3. The molecule has 0 saturated heterocycles. The molecule has 0 spiro atoms. The molecule has 3 aliphatic carbocycles. The number of imidazole rings is 4. The van der Waals surface area contributed by atoms with Gasteiger partial charge in [-0.15, -0.1) is 0 Å². The molecule has 0 aliphatic heterocycles. The number of hydrogen-bond acceptors (Lipinski definition) is 11. The normalized spacial score (nSPS) is 13.3. The first-order chi connectivity index (χ1) is 56.8. The van der Waals surface area contributed by atoms with Crippen LogP contribution in [-0.2, 0) is 0 Å². The predicted molar refractivity (Wildman–Crippen MR) is 472 cm³/mol. The van der Waals surface area contributed by atoms with Gasteiger partial charge in [-0.25, -0.2) is 19.9 Å². The maximum atomic E-state index is 5.94. The van der Waals surface area contributed by atoms with E-state index in [-0.39, 0.29) is 30.0 Å². The first-order valence-electron chi connectivity index (χ1n) is 41.1. The van der Waals surface area contributed by atoms with E-state index in [1.807, 2.05) is 153 Å². The summed E-state index contributed by atoms with van der Waals surface area (Å²) in [7, 11) is 0. The van der Waals surface area contributed by atoms with Crippen molar-refractivity contribution in [3.8, 4) is 130 Å². The minimum atomic E-state index is -0.213. The largest absolute Gasteiger partial charge is 0.493 e. The Morgan fingerprint density at radius 1 is 0.291 bits per heavy atom. The summed E-state index contributed by atoms with van der Waals surface area (Å²) in [6.45, 7) is 23.3. The highest BCUT2D eigenvalue weighted by Gasteiger charge is 2.26. The van der Waals surface area contributed by atoms with E-state index in [9.17, 15) is 0 Å². The van der Waals surface area contributed by atoms with Gasteiger partial charge in [-0.3, -0.25) is 17.6 Å². The topological polar surface area (TPSA) is 134 Å². The van der Waals surface area contributed by atoms with E-state index in [1.54, 1.807) is 0 Å². The number of hydrogen-bond donors (Lipinski definition) is 0. The van der Waals surface area contributed by atoms with E-state index in [0.29, 0.717) is 6.10 Å². The van der Waals surface area contributed by atoms with Gasteiger partial charge >= 0.3 is 0 Å². The number of aromatic nitrogens is 8. The minimum Gasteiger partial charge on any atom is -0.493 e. The molecule has 0 amide bonds. The van der Waals surface area contributed by atoms with Crippen molar-refractivity contribution >= 4 is 22.6 Å². The molecule has 8 heterocycles. The van der Waals surface area contributed by atoms with Crippen molar-refractivity contribution in [3.05, 3.63) is 298 Å². The standard InChI is InChI=1S/C26H26N2O2.C26H28N2O2.C25H24N2O2.C25H24N2O/c1-18(2)30-24-12-5-20(6-13-24)22-9-14-26-27-15-25(28(26)16-22)21-7-10-23(11-8-21)29-17-19-3-4-19;1-18(2)29-22-11-6-19(7-12-22)21-10-15-25-27-16-24(28(25)17-21)20-8-13-23(14-9-20)30-26(3,4)5;1-17(2)28-21-8-3-18(4-9-21)20-7-14-25-26-15-24(27(25)16-20)19-5-10-22(11-6-19)29-23-12-13-23;1-17(2)28-23-12-9-20(10-13-23)22-11-14-25-26-15-24(27(25)16-22)21-7-5-19(6-8-21)18-3-4-18/h5-16,18-19H,3-4,17H2,1-2H3;6-18H,1-5H3;3-11,14-17,23H,12-13H2,1-2H3;5-18H,3-4H2,1-2H3. The average Bonchev–Trinajstić information content (AvgIpc) is 1.70. The van der Waals surface area contributed by atoms with E-state index < -0.39 is 0 Å². The van der Waals surface area contributed by atoms with Gasteiger partial charge in [0, 0.05) is 47.0 Å². The van der Waals surface area contributed by atoms with Crippen molar-refractivity contribution in [2.24, 2.45) is 5.92 Å². The zero-order valence-corrected chi connectivity index (χ0v) is 68.6. The first kappa shape index (κ1) is 78.0. The van der Waals surface area contributed by atoms with Gasteiger partial charge < -0.3 is 33.2 Å². The molecule has 117 heavy (non-hydrogen) atoms. The molecule has 19 rings (SSSR count). The Bertz CT molecular complexity index is 5990. The number of benzene rings is 8. The van der Waals surface area contributed by atoms with E-state index in [1.165, 1.54) is 55.2 Å². The van der Waals surface area contributed by atoms with Gasteiger partial charge in [0.15, 0.2) is 0 Å². The molecule has 8 aromatic carbocycles. The van der Waals surface area contributed by atoms with Crippen molar-refractivity contribution in [2.75, 3.05) is 6.61 Å². The lowest BCUT2D eigenvalue weighted by molar-refractivity contribution is 0.131. The monoisotopic (exact) mass is 1550 g/mol. The van der Waals surface area contributed by atoms with E-state index in [2.05, 4.69) is 253 Å². The van der Waals surface area contributed by atoms with Gasteiger partial charge in [-0.05, 0) is 346 Å². The number of ether oxygens (including phenoxy) is 7. The van der Waals surface area contributed by atoms with Gasteiger partial charge in [-0.1, -0.05) is 72.8 Å². The average molecular weight is 1550 g/mol. The summed E-state index contributed by atoms with van der Waals surface area (Å²) in [5.74, 6) is 7.85. The molecule has 8 aromatic heterocycles. The molecule has 0 radical (unpaired) electrons. The molecular weight excluding hydrogens is 1450 g/mol. The maximum absolute atomic E-state index is 5.94. The Morgan fingerprint density at radius 3 is 0.829 bits per heavy atom. The Hall–Kier alpha value is -12.9. The second-order valence-electron chi connectivity index (χ2n) is 32.7. The van der Waals surface area contributed by atoms with Crippen LogP contribution in [0, 0.1) is 5.92 Å². The molecule has 3 fully saturated rings. The Kier molecular flexibility index (Phi) is 23.1. The molecule has 3 saturated carbocycles. The Balaban J connectivity index is 0.000000117. The lowest BCUT2D eigenvalue weighted by Crippen LogP contribution is -2.22. The number of nitrogens with zero attached hydrogens (tertiary/aromatic N) is 8. The van der Waals surface area contributed by atoms with E-state index >= 15 is 0 Å². The number of fused-ring (bicyclic) bond motifs is 4. The smallest absolute Gasteiger partial charge is 0.137 e. The lowest BCUT2D eigenvalue weighted by Gasteiger charge is -2.21. The van der Waals surface area contributed by atoms with Crippen LogP contribution < -0.4 is 33.2 Å². The van der Waals surface area contributed by atoms with E-state index in [4.69, 9.17) is 33.2 Å². The third-order valence-electron chi connectivity index (χ3n) is 20.4. The minimum absolute atomic E-state index is 0.167. The van der Waals surface area contributed by atoms with Crippen LogP contribution in [0.5, 0.6) is 40.2 Å². The fourth-order valence-corrected chi connectivity index (χ4v) is 14.1. The van der Waals surface area contributed by atoms with Gasteiger partial charge in [0.05, 0.1) is 84.7 Å². The van der Waals surface area contributed by atoms with Gasteiger partial charge in [0.1, 0.15) is 68.4 Å². The van der Waals surface area contributed by atoms with Crippen LogP contribution in [0.2, 0.25) is 0 Å². The first-order valence-corrected chi connectivity index (χ1v) is 41.1. The van der Waals surface area contributed by atoms with Gasteiger partial charge in [-0.2, -0.15) is 0 Å². The highest BCUT2D eigenvalue weighted by Crippen LogP contribution is 2.41. The second kappa shape index (κ2) is 34.7. The van der Waals surface area contributed by atoms with Crippen molar-refractivity contribution in [1.82, 2.24) is 37.5 Å². The Morgan fingerprint density at radius 2 is 0.556 bits per heavy atom. The van der Waals surface area contributed by atoms with Crippen LogP contribution in [0.4, 0.5) is 0 Å². The van der Waals surface area contributed by atoms with Gasteiger partial charge in [0.25, 0.3) is 0 Å². The molecule has 0 bridgehead atoms. The lowest BCUT2D eigenvalue weighted by atomic mass is 10.1. The van der Waals surface area contributed by atoms with Crippen LogP contribution in [0.3, 0.4) is 0 Å². The molecule has 0 unspecified atom stereocenters. The molecule has 0 N–H and O–H groups in total.